The first-order valence-electron chi connectivity index (χ1n) is 0.766. The molecule has 0 unspecified atom stereocenters. The number of aliphatic hydroxyl groups is 2. The Morgan fingerprint density at radius 3 is 0.875 bits per heavy atom. The average Bonchev–Trinajstić information content (AvgIpc) is 1.81. The van der Waals surface area contributed by atoms with E-state index in [1.807, 2.05) is 17.3 Å². The first-order valence-corrected chi connectivity index (χ1v) is 3.00. The third kappa shape index (κ3) is 394. The van der Waals surface area contributed by atoms with Gasteiger partial charge in [0.05, 0.1) is 0 Å². The molecule has 0 aromatic heterocycles. The van der Waals surface area contributed by atoms with E-state index in [1.165, 1.54) is 0 Å². The Balaban J connectivity index is -0.00000000500. The average molecular weight is 235 g/mol. The van der Waals surface area contributed by atoms with Crippen molar-refractivity contribution in [3.8, 4) is 0 Å². The van der Waals surface area contributed by atoms with Crippen LogP contribution < -0.4 is 0 Å². The first-order chi connectivity index (χ1) is 3.00. The second kappa shape index (κ2) is 623. The maximum atomic E-state index is 6.75. The van der Waals surface area contributed by atoms with Crippen molar-refractivity contribution in [2.45, 2.75) is 0 Å². The third-order valence-electron chi connectivity index (χ3n) is 0. The van der Waals surface area contributed by atoms with Gasteiger partial charge in [-0.3, -0.25) is 0 Å². The van der Waals surface area contributed by atoms with E-state index in [-0.39, 0.29) is 11.0 Å². The fourth-order valence-electron chi connectivity index (χ4n) is 0. The number of halogens is 1. The molecule has 0 aromatic carbocycles. The predicted octanol–water partition coefficient (Wildman–Crippen LogP) is -0.661. The molecular formula is C2H10ClO4Ru. The molecule has 0 rings (SSSR count). The van der Waals surface area contributed by atoms with Gasteiger partial charge in [0.25, 0.3) is 0 Å². The van der Waals surface area contributed by atoms with Crippen LogP contribution in [0.25, 0.3) is 0 Å². The van der Waals surface area contributed by atoms with Crippen LogP contribution in [0.3, 0.4) is 0 Å². The van der Waals surface area contributed by atoms with Gasteiger partial charge in [-0.1, -0.05) is 0 Å². The zero-order valence-corrected chi connectivity index (χ0v) is 6.53. The van der Waals surface area contributed by atoms with Crippen molar-refractivity contribution >= 4 is 9.69 Å². The Morgan fingerprint density at radius 1 is 0.875 bits per heavy atom. The molecule has 6 N–H and O–H groups in total. The molecule has 0 atom stereocenters. The van der Waals surface area contributed by atoms with Crippen LogP contribution in [0.5, 0.6) is 0 Å². The second-order valence-electron chi connectivity index (χ2n) is 0. The summed E-state index contributed by atoms with van der Waals surface area (Å²) in [5.41, 5.74) is 0. The summed E-state index contributed by atoms with van der Waals surface area (Å²) in [7, 11) is 9.07. The quantitative estimate of drug-likeness (QED) is 0.429. The van der Waals surface area contributed by atoms with Gasteiger partial charge < -0.3 is 21.2 Å². The fraction of sp³-hybridized carbons (Fsp3) is 0. The van der Waals surface area contributed by atoms with Crippen LogP contribution in [0, 0.1) is 14.2 Å². The van der Waals surface area contributed by atoms with E-state index < -0.39 is 0 Å². The standard InChI is InChI=1S/2CH3O.ClH.2H2O.Ru/c2*1-2;;;;/h2*2H,1H2;1H;2*1H2;/q2*-1;;;;+3/p-1. The number of hydrogen-bond donors (Lipinski definition) is 2. The minimum atomic E-state index is 0. The monoisotopic (exact) mass is 235 g/mol. The van der Waals surface area contributed by atoms with Gasteiger partial charge in [0.2, 0.25) is 0 Å². The van der Waals surface area contributed by atoms with Crippen LogP contribution in [0.4, 0.5) is 0 Å². The van der Waals surface area contributed by atoms with Gasteiger partial charge >= 0.3 is 27.0 Å². The molecule has 0 saturated heterocycles. The van der Waals surface area contributed by atoms with Crippen molar-refractivity contribution in [2.24, 2.45) is 0 Å². The van der Waals surface area contributed by atoms with Gasteiger partial charge in [0.15, 0.2) is 0 Å². The summed E-state index contributed by atoms with van der Waals surface area (Å²) in [6.07, 6.45) is 0. The van der Waals surface area contributed by atoms with Gasteiger partial charge in [-0.2, -0.15) is 0 Å². The van der Waals surface area contributed by atoms with Crippen molar-refractivity contribution in [1.29, 1.82) is 0 Å². The molecule has 0 heterocycles. The number of aliphatic hydroxyl groups excluding tert-OH is 2. The fourth-order valence-corrected chi connectivity index (χ4v) is 0. The molecule has 0 radical (unpaired) electrons. The molecule has 0 amide bonds. The molecule has 4 nitrogen and oxygen atoms in total. The Hall–Kier alpha value is 0.753. The summed E-state index contributed by atoms with van der Waals surface area (Å²) >= 11 is 1.82. The zero-order valence-electron chi connectivity index (χ0n) is 4.04. The van der Waals surface area contributed by atoms with Crippen molar-refractivity contribution in [3.63, 3.8) is 0 Å². The van der Waals surface area contributed by atoms with Crippen LogP contribution in [0.15, 0.2) is 0 Å². The van der Waals surface area contributed by atoms with Gasteiger partial charge in [0, 0.05) is 0 Å². The van der Waals surface area contributed by atoms with Gasteiger partial charge in [-0.15, -0.1) is 0 Å². The van der Waals surface area contributed by atoms with Crippen LogP contribution in [-0.2, 0) is 17.3 Å². The Kier molecular flexibility index (Phi) is 2910. The van der Waals surface area contributed by atoms with E-state index >= 15 is 0 Å². The molecule has 0 spiro atoms. The Morgan fingerprint density at radius 2 is 0.875 bits per heavy atom. The molecule has 0 aliphatic rings. The van der Waals surface area contributed by atoms with Crippen LogP contribution in [0.1, 0.15) is 0 Å². The molecule has 0 fully saturated rings. The van der Waals surface area contributed by atoms with Gasteiger partial charge in [-0.25, -0.2) is 14.2 Å². The van der Waals surface area contributed by atoms with Crippen LogP contribution in [-0.4, -0.2) is 21.2 Å². The van der Waals surface area contributed by atoms with E-state index in [0.717, 1.165) is 0 Å². The minimum absolute atomic E-state index is 0. The SMILES string of the molecule is O.O.[CH2-]O.[CH2-]O.[Cl][Ru+2]. The molecule has 0 aliphatic heterocycles. The second-order valence-corrected chi connectivity index (χ2v) is 0. The molecule has 8 heavy (non-hydrogen) atoms. The van der Waals surface area contributed by atoms with Crippen molar-refractivity contribution in [1.82, 2.24) is 0 Å². The van der Waals surface area contributed by atoms with E-state index in [0.29, 0.717) is 0 Å². The molecule has 0 aliphatic carbocycles. The molecule has 6 heteroatoms. The summed E-state index contributed by atoms with van der Waals surface area (Å²) in [5, 5.41) is 13.5. The van der Waals surface area contributed by atoms with Crippen molar-refractivity contribution < 1.29 is 38.5 Å². The summed E-state index contributed by atoms with van der Waals surface area (Å²) in [5.74, 6) is 0. The molecule has 57 valence electrons. The number of rotatable bonds is 0. The van der Waals surface area contributed by atoms with Gasteiger partial charge in [-0.05, 0) is 0 Å². The Labute approximate surface area is 62.8 Å². The van der Waals surface area contributed by atoms with E-state index in [1.54, 1.807) is 0 Å². The maximum absolute atomic E-state index is 6.75. The predicted molar refractivity (Wildman–Crippen MR) is 27.7 cm³/mol. The molecule has 0 saturated carbocycles. The summed E-state index contributed by atoms with van der Waals surface area (Å²) in [4.78, 5) is 0. The topological polar surface area (TPSA) is 103 Å². The number of hydrogen-bond acceptors (Lipinski definition) is 2. The van der Waals surface area contributed by atoms with Crippen molar-refractivity contribution in [2.75, 3.05) is 0 Å². The Bertz CT molecular complexity index is 14.0. The van der Waals surface area contributed by atoms with Gasteiger partial charge in [0.1, 0.15) is 0 Å². The molecule has 0 aromatic rings. The summed E-state index contributed by atoms with van der Waals surface area (Å²) in [6.45, 7) is 0. The van der Waals surface area contributed by atoms with Crippen molar-refractivity contribution in [3.05, 3.63) is 14.2 Å². The van der Waals surface area contributed by atoms with E-state index in [2.05, 4.69) is 23.9 Å². The normalized spacial score (nSPS) is 2.12. The molecular weight excluding hydrogens is 225 g/mol. The van der Waals surface area contributed by atoms with E-state index in [9.17, 15) is 0 Å². The third-order valence-corrected chi connectivity index (χ3v) is 0. The summed E-state index contributed by atoms with van der Waals surface area (Å²) in [6, 6.07) is 0. The van der Waals surface area contributed by atoms with Crippen LogP contribution in [0.2, 0.25) is 0 Å². The first kappa shape index (κ1) is 37.4. The summed E-state index contributed by atoms with van der Waals surface area (Å²) < 4.78 is 0. The molecule has 0 bridgehead atoms. The zero-order chi connectivity index (χ0) is 6.00. The van der Waals surface area contributed by atoms with Crippen LogP contribution >= 0.6 is 9.69 Å². The van der Waals surface area contributed by atoms with E-state index in [4.69, 9.17) is 10.2 Å².